The Hall–Kier alpha value is -5.32. The molecule has 0 N–H and O–H groups in total. The van der Waals surface area contributed by atoms with Crippen LogP contribution in [0.15, 0.2) is 36.4 Å². The second-order valence-electron chi connectivity index (χ2n) is 26.5. The first-order chi connectivity index (χ1) is 31.2. The maximum Gasteiger partial charge on any atom is 0.193 e. The van der Waals surface area contributed by atoms with Crippen molar-refractivity contribution in [1.82, 2.24) is 8.80 Å². The number of fused-ring (bicyclic) bond motifs is 16. The second-order valence-corrected chi connectivity index (χ2v) is 26.5. The first-order valence-electron chi connectivity index (χ1n) is 25.6. The standard InChI is InChI=1S/C62H66N4/c1-59(2,3)28-42-52-39-24-37(62(10,11)12)26-41-54-46(27-44(64-13)48-32-16-20-34(21-17-32)50(48)54)66(56(39)41)58(52)43(29-60(4,5)6)51-38-23-36(61(7,8)9)25-40-53-45(65(55(38)40)57(42)51)22-35(30-63)47-31-14-18-33(19-15-31)49(47)53/h22-27,31-34H,14-21,28-29H2,1-12H3. The van der Waals surface area contributed by atoms with Gasteiger partial charge in [0.15, 0.2) is 5.69 Å². The highest BCUT2D eigenvalue weighted by Gasteiger charge is 2.41. The van der Waals surface area contributed by atoms with Gasteiger partial charge in [-0.2, -0.15) is 5.26 Å². The Labute approximate surface area is 390 Å². The van der Waals surface area contributed by atoms with Gasteiger partial charge in [-0.15, -0.1) is 0 Å². The monoisotopic (exact) mass is 867 g/mol. The molecule has 0 atom stereocenters. The van der Waals surface area contributed by atoms with Gasteiger partial charge in [0.2, 0.25) is 0 Å². The topological polar surface area (TPSA) is 37.0 Å². The van der Waals surface area contributed by atoms with Crippen LogP contribution in [0.4, 0.5) is 5.69 Å². The Morgan fingerprint density at radius 3 is 1.24 bits per heavy atom. The lowest BCUT2D eigenvalue weighted by Gasteiger charge is -2.39. The van der Waals surface area contributed by atoms with E-state index in [1.54, 1.807) is 0 Å². The van der Waals surface area contributed by atoms with Gasteiger partial charge in [0.25, 0.3) is 0 Å². The van der Waals surface area contributed by atoms with E-state index in [0.29, 0.717) is 23.7 Å². The number of hydrogen-bond donors (Lipinski definition) is 0. The smallest absolute Gasteiger partial charge is 0.193 e. The highest BCUT2D eigenvalue weighted by molar-refractivity contribution is 6.32. The van der Waals surface area contributed by atoms with Crippen LogP contribution in [0.3, 0.4) is 0 Å². The summed E-state index contributed by atoms with van der Waals surface area (Å²) in [4.78, 5) is 4.41. The van der Waals surface area contributed by atoms with Crippen molar-refractivity contribution in [3.8, 4) is 6.07 Å². The lowest BCUT2D eigenvalue weighted by molar-refractivity contribution is 0.361. The molecule has 5 aromatic carbocycles. The number of rotatable bonds is 2. The maximum atomic E-state index is 11.1. The van der Waals surface area contributed by atoms with Crippen molar-refractivity contribution in [2.24, 2.45) is 10.8 Å². The molecule has 4 heteroatoms. The molecule has 4 nitrogen and oxygen atoms in total. The highest BCUT2D eigenvalue weighted by atomic mass is 15.0. The van der Waals surface area contributed by atoms with Crippen molar-refractivity contribution in [3.63, 3.8) is 0 Å². The van der Waals surface area contributed by atoms with E-state index in [-0.39, 0.29) is 21.7 Å². The molecule has 0 amide bonds. The summed E-state index contributed by atoms with van der Waals surface area (Å²) >= 11 is 0. The van der Waals surface area contributed by atoms with E-state index in [1.165, 1.54) is 172 Å². The van der Waals surface area contributed by atoms with Crippen LogP contribution in [0.1, 0.15) is 208 Å². The van der Waals surface area contributed by atoms with Crippen LogP contribution < -0.4 is 0 Å². The summed E-state index contributed by atoms with van der Waals surface area (Å²) in [5.74, 6) is 1.97. The molecule has 66 heavy (non-hydrogen) atoms. The van der Waals surface area contributed by atoms with Gasteiger partial charge in [-0.25, -0.2) is 4.85 Å². The maximum absolute atomic E-state index is 11.1. The predicted molar refractivity (Wildman–Crippen MR) is 278 cm³/mol. The fraction of sp³-hybridized carbons (Fsp3) is 0.484. The largest absolute Gasteiger partial charge is 0.309 e. The van der Waals surface area contributed by atoms with Crippen LogP contribution in [0.25, 0.3) is 81.0 Å². The number of benzene rings is 5. The molecule has 6 aliphatic rings. The molecule has 9 aromatic rings. The lowest BCUT2D eigenvalue weighted by Crippen LogP contribution is -2.23. The predicted octanol–water partition coefficient (Wildman–Crippen LogP) is 17.7. The average molecular weight is 867 g/mol. The zero-order chi connectivity index (χ0) is 46.0. The third kappa shape index (κ3) is 5.26. The molecular formula is C62H66N4. The van der Waals surface area contributed by atoms with E-state index < -0.39 is 0 Å². The third-order valence-corrected chi connectivity index (χ3v) is 17.5. The summed E-state index contributed by atoms with van der Waals surface area (Å²) in [7, 11) is 0. The van der Waals surface area contributed by atoms with Crippen LogP contribution in [0.5, 0.6) is 0 Å². The van der Waals surface area contributed by atoms with E-state index >= 15 is 0 Å². The molecule has 0 spiro atoms. The zero-order valence-corrected chi connectivity index (χ0v) is 41.6. The molecule has 2 fully saturated rings. The van der Waals surface area contributed by atoms with Crippen molar-refractivity contribution < 1.29 is 0 Å². The van der Waals surface area contributed by atoms with Gasteiger partial charge in [-0.3, -0.25) is 0 Å². The molecule has 4 heterocycles. The van der Waals surface area contributed by atoms with Gasteiger partial charge in [0.1, 0.15) is 0 Å². The zero-order valence-electron chi connectivity index (χ0n) is 41.6. The van der Waals surface area contributed by atoms with Gasteiger partial charge in [-0.05, 0) is 190 Å². The Morgan fingerprint density at radius 2 is 0.864 bits per heavy atom. The minimum atomic E-state index is -0.0697. The molecule has 334 valence electrons. The van der Waals surface area contributed by atoms with Crippen LogP contribution in [0, 0.1) is 28.7 Å². The highest BCUT2D eigenvalue weighted by Crippen LogP contribution is 2.60. The molecule has 15 rings (SSSR count). The Kier molecular flexibility index (Phi) is 7.94. The first-order valence-corrected chi connectivity index (χ1v) is 25.6. The summed E-state index contributed by atoms with van der Waals surface area (Å²) in [5, 5.41) is 22.2. The van der Waals surface area contributed by atoms with Crippen molar-refractivity contribution in [1.29, 1.82) is 5.26 Å². The van der Waals surface area contributed by atoms with Gasteiger partial charge < -0.3 is 8.80 Å². The first kappa shape index (κ1) is 40.9. The second kappa shape index (κ2) is 12.8. The number of nitrogens with zero attached hydrogens (tertiary/aromatic N) is 4. The molecule has 2 saturated carbocycles. The van der Waals surface area contributed by atoms with E-state index in [0.717, 1.165) is 24.1 Å². The summed E-state index contributed by atoms with van der Waals surface area (Å²) in [6, 6.07) is 17.8. The van der Waals surface area contributed by atoms with Gasteiger partial charge in [0, 0.05) is 48.6 Å². The van der Waals surface area contributed by atoms with Crippen LogP contribution in [-0.2, 0) is 23.7 Å². The van der Waals surface area contributed by atoms with Crippen LogP contribution >= 0.6 is 0 Å². The molecule has 0 aliphatic heterocycles. The molecule has 4 aromatic heterocycles. The van der Waals surface area contributed by atoms with Crippen molar-refractivity contribution in [3.05, 3.63) is 97.9 Å². The van der Waals surface area contributed by atoms with Gasteiger partial charge in [-0.1, -0.05) is 83.1 Å². The minimum absolute atomic E-state index is 0.0210. The van der Waals surface area contributed by atoms with Crippen molar-refractivity contribution in [2.75, 3.05) is 0 Å². The Bertz CT molecular complexity index is 3460. The molecule has 6 aliphatic carbocycles. The summed E-state index contributed by atoms with van der Waals surface area (Å²) in [5.41, 5.74) is 20.9. The fourth-order valence-electron chi connectivity index (χ4n) is 14.9. The van der Waals surface area contributed by atoms with Gasteiger partial charge in [0.05, 0.1) is 45.8 Å². The SMILES string of the molecule is [C-]#[N+]c1cc2c(c3c1C1CCC3CC1)c1cc(C(C)(C)C)cc3c4c(CC(C)(C)C)c5c(c(CC(C)(C)C)c4n2c13)c1cc(C(C)(C)C)cc2c3c4c(c(C#N)cc3n5c21)C1CCC4CC1. The quantitative estimate of drug-likeness (QED) is 0.160. The summed E-state index contributed by atoms with van der Waals surface area (Å²) in [6.45, 7) is 37.6. The Balaban J connectivity index is 1.36. The number of nitriles is 1. The molecular weight excluding hydrogens is 801 g/mol. The van der Waals surface area contributed by atoms with Crippen LogP contribution in [-0.4, -0.2) is 8.80 Å². The molecule has 0 saturated heterocycles. The number of hydrogen-bond acceptors (Lipinski definition) is 1. The van der Waals surface area contributed by atoms with E-state index in [4.69, 9.17) is 6.57 Å². The van der Waals surface area contributed by atoms with E-state index in [1.807, 2.05) is 0 Å². The Morgan fingerprint density at radius 1 is 0.500 bits per heavy atom. The lowest BCUT2D eigenvalue weighted by atomic mass is 9.65. The van der Waals surface area contributed by atoms with Gasteiger partial charge >= 0.3 is 0 Å². The number of aromatic nitrogens is 2. The van der Waals surface area contributed by atoms with E-state index in [9.17, 15) is 5.26 Å². The molecule has 0 radical (unpaired) electrons. The minimum Gasteiger partial charge on any atom is -0.309 e. The fourth-order valence-corrected chi connectivity index (χ4v) is 14.9. The summed E-state index contributed by atoms with van der Waals surface area (Å²) in [6.07, 6.45) is 11.5. The normalized spacial score (nSPS) is 21.2. The van der Waals surface area contributed by atoms with Crippen LogP contribution in [0.2, 0.25) is 0 Å². The van der Waals surface area contributed by atoms with E-state index in [2.05, 4.69) is 139 Å². The summed E-state index contributed by atoms with van der Waals surface area (Å²) < 4.78 is 5.42. The van der Waals surface area contributed by atoms with Crippen molar-refractivity contribution in [2.45, 2.75) is 182 Å². The third-order valence-electron chi connectivity index (χ3n) is 17.5. The molecule has 4 bridgehead atoms. The average Bonchev–Trinajstić information content (AvgIpc) is 3.99. The van der Waals surface area contributed by atoms with Crippen molar-refractivity contribution >= 4 is 81.9 Å². The molecule has 0 unspecified atom stereocenters.